The lowest BCUT2D eigenvalue weighted by atomic mass is 9.95. The van der Waals surface area contributed by atoms with Gasteiger partial charge in [0.15, 0.2) is 5.82 Å². The molecule has 216 valence electrons. The van der Waals surface area contributed by atoms with Crippen LogP contribution in [0.25, 0.3) is 5.57 Å². The molecule has 3 N–H and O–H groups in total. The van der Waals surface area contributed by atoms with Crippen LogP contribution in [0.2, 0.25) is 5.02 Å². The lowest BCUT2D eigenvalue weighted by molar-refractivity contribution is -0.135. The van der Waals surface area contributed by atoms with Crippen molar-refractivity contribution >= 4 is 52.2 Å². The Labute approximate surface area is 245 Å². The number of carbonyl (C=O) groups excluding carboxylic acids is 3. The Hall–Kier alpha value is -4.57. The zero-order chi connectivity index (χ0) is 30.0. The zero-order valence-corrected chi connectivity index (χ0v) is 23.0. The number of benzene rings is 3. The standard InChI is InChI=1S/C31H26ClF2N3O5/c32-23-11-12-24(33)27(28(23)34)20-13-14-37(26(38)16-20)25(30(40)36-22-9-5-19(6-10-22)31(41)42)15-17-1-7-21(8-2-17)35-29(39)18-3-4-18/h1-2,5-12,16,18,25H,3-4,13-15H2,(H,35,39)(H,36,40)(H,41,42)/t25-/m0/s1. The minimum absolute atomic E-state index is 0.00162. The SMILES string of the molecule is O=C(O)c1ccc(NC(=O)[C@H](Cc2ccc(NC(=O)C3CC3)cc2)N2CCC(c3c(F)ccc(Cl)c3F)=CC2=O)cc1. The van der Waals surface area contributed by atoms with E-state index in [-0.39, 0.29) is 52.9 Å². The smallest absolute Gasteiger partial charge is 0.335 e. The number of rotatable bonds is 9. The fourth-order valence-electron chi connectivity index (χ4n) is 4.79. The van der Waals surface area contributed by atoms with Gasteiger partial charge in [0.25, 0.3) is 0 Å². The highest BCUT2D eigenvalue weighted by Gasteiger charge is 2.33. The maximum Gasteiger partial charge on any atom is 0.335 e. The summed E-state index contributed by atoms with van der Waals surface area (Å²) in [5, 5.41) is 14.5. The summed E-state index contributed by atoms with van der Waals surface area (Å²) >= 11 is 5.84. The fourth-order valence-corrected chi connectivity index (χ4v) is 4.94. The second kappa shape index (κ2) is 12.1. The van der Waals surface area contributed by atoms with E-state index in [0.717, 1.165) is 31.1 Å². The summed E-state index contributed by atoms with van der Waals surface area (Å²) in [6, 6.07) is 13.6. The number of amides is 3. The number of carboxylic acid groups (broad SMARTS) is 1. The number of carboxylic acids is 1. The van der Waals surface area contributed by atoms with Crippen molar-refractivity contribution in [3.8, 4) is 0 Å². The summed E-state index contributed by atoms with van der Waals surface area (Å²) in [6.45, 7) is 0.00162. The molecule has 0 bridgehead atoms. The summed E-state index contributed by atoms with van der Waals surface area (Å²) < 4.78 is 29.2. The third-order valence-corrected chi connectivity index (χ3v) is 7.54. The van der Waals surface area contributed by atoms with Gasteiger partial charge in [0.1, 0.15) is 11.9 Å². The van der Waals surface area contributed by atoms with E-state index >= 15 is 0 Å². The third-order valence-electron chi connectivity index (χ3n) is 7.24. The maximum atomic E-state index is 14.7. The van der Waals surface area contributed by atoms with Gasteiger partial charge in [-0.2, -0.15) is 0 Å². The number of nitrogens with zero attached hydrogens (tertiary/aromatic N) is 1. The van der Waals surface area contributed by atoms with E-state index < -0.39 is 35.5 Å². The van der Waals surface area contributed by atoms with Crippen LogP contribution < -0.4 is 10.6 Å². The van der Waals surface area contributed by atoms with Gasteiger partial charge in [-0.25, -0.2) is 13.6 Å². The molecule has 3 aromatic carbocycles. The van der Waals surface area contributed by atoms with Crippen molar-refractivity contribution in [3.05, 3.63) is 100 Å². The lowest BCUT2D eigenvalue weighted by Crippen LogP contribution is -2.49. The fraction of sp³-hybridized carbons (Fsp3) is 0.226. The molecule has 0 radical (unpaired) electrons. The quantitative estimate of drug-likeness (QED) is 0.282. The molecule has 5 rings (SSSR count). The Morgan fingerprint density at radius 1 is 0.952 bits per heavy atom. The van der Waals surface area contributed by atoms with E-state index in [0.29, 0.717) is 16.9 Å². The number of nitrogens with one attached hydrogen (secondary N) is 2. The van der Waals surface area contributed by atoms with E-state index in [1.54, 1.807) is 24.3 Å². The average Bonchev–Trinajstić information content (AvgIpc) is 3.81. The minimum atomic E-state index is -1.11. The highest BCUT2D eigenvalue weighted by atomic mass is 35.5. The van der Waals surface area contributed by atoms with Crippen LogP contribution in [0.1, 0.15) is 40.7 Å². The molecule has 1 fully saturated rings. The van der Waals surface area contributed by atoms with Crippen LogP contribution in [-0.4, -0.2) is 46.3 Å². The van der Waals surface area contributed by atoms with E-state index in [2.05, 4.69) is 10.6 Å². The number of hydrogen-bond acceptors (Lipinski definition) is 4. The molecule has 1 aliphatic heterocycles. The Bertz CT molecular complexity index is 1590. The molecule has 42 heavy (non-hydrogen) atoms. The highest BCUT2D eigenvalue weighted by molar-refractivity contribution is 6.31. The molecule has 8 nitrogen and oxygen atoms in total. The lowest BCUT2D eigenvalue weighted by Gasteiger charge is -2.33. The van der Waals surface area contributed by atoms with Gasteiger partial charge in [0.05, 0.1) is 16.1 Å². The predicted octanol–water partition coefficient (Wildman–Crippen LogP) is 5.53. The van der Waals surface area contributed by atoms with Crippen molar-refractivity contribution in [2.24, 2.45) is 5.92 Å². The molecule has 1 atom stereocenters. The number of halogens is 3. The van der Waals surface area contributed by atoms with Gasteiger partial charge in [-0.3, -0.25) is 14.4 Å². The van der Waals surface area contributed by atoms with Crippen LogP contribution >= 0.6 is 11.6 Å². The van der Waals surface area contributed by atoms with Gasteiger partial charge in [0.2, 0.25) is 17.7 Å². The van der Waals surface area contributed by atoms with Gasteiger partial charge in [-0.15, -0.1) is 0 Å². The predicted molar refractivity (Wildman–Crippen MR) is 153 cm³/mol. The molecule has 1 heterocycles. The molecular formula is C31H26ClF2N3O5. The van der Waals surface area contributed by atoms with Crippen molar-refractivity contribution in [2.75, 3.05) is 17.2 Å². The number of anilines is 2. The molecule has 0 saturated heterocycles. The molecule has 0 unspecified atom stereocenters. The van der Waals surface area contributed by atoms with Gasteiger partial charge in [-0.05, 0) is 78.9 Å². The van der Waals surface area contributed by atoms with Crippen LogP contribution in [0.3, 0.4) is 0 Å². The van der Waals surface area contributed by atoms with E-state index in [1.807, 2.05) is 0 Å². The van der Waals surface area contributed by atoms with E-state index in [1.165, 1.54) is 29.2 Å². The number of hydrogen-bond donors (Lipinski definition) is 3. The zero-order valence-electron chi connectivity index (χ0n) is 22.2. The minimum Gasteiger partial charge on any atom is -0.478 e. The monoisotopic (exact) mass is 593 g/mol. The first-order valence-electron chi connectivity index (χ1n) is 13.3. The molecule has 0 aromatic heterocycles. The summed E-state index contributed by atoms with van der Waals surface area (Å²) in [4.78, 5) is 51.5. The molecule has 1 aliphatic carbocycles. The molecule has 1 saturated carbocycles. The highest BCUT2D eigenvalue weighted by Crippen LogP contribution is 2.33. The molecular weight excluding hydrogens is 568 g/mol. The molecule has 11 heteroatoms. The Morgan fingerprint density at radius 3 is 2.21 bits per heavy atom. The van der Waals surface area contributed by atoms with Gasteiger partial charge in [-0.1, -0.05) is 23.7 Å². The summed E-state index contributed by atoms with van der Waals surface area (Å²) in [5.41, 5.74) is 1.45. The van der Waals surface area contributed by atoms with Crippen molar-refractivity contribution in [1.82, 2.24) is 4.90 Å². The Kier molecular flexibility index (Phi) is 8.35. The Morgan fingerprint density at radius 2 is 1.60 bits per heavy atom. The molecule has 3 aromatic rings. The van der Waals surface area contributed by atoms with Crippen molar-refractivity contribution in [1.29, 1.82) is 0 Å². The van der Waals surface area contributed by atoms with Crippen molar-refractivity contribution < 1.29 is 33.1 Å². The number of aromatic carboxylic acids is 1. The van der Waals surface area contributed by atoms with Crippen LogP contribution in [0, 0.1) is 17.6 Å². The average molecular weight is 594 g/mol. The first-order valence-corrected chi connectivity index (χ1v) is 13.7. The van der Waals surface area contributed by atoms with Crippen molar-refractivity contribution in [3.63, 3.8) is 0 Å². The van der Waals surface area contributed by atoms with E-state index in [4.69, 9.17) is 16.7 Å². The summed E-state index contributed by atoms with van der Waals surface area (Å²) in [7, 11) is 0. The van der Waals surface area contributed by atoms with E-state index in [9.17, 15) is 28.0 Å². The molecule has 0 spiro atoms. The van der Waals surface area contributed by atoms with Crippen LogP contribution in [0.5, 0.6) is 0 Å². The topological polar surface area (TPSA) is 116 Å². The Balaban J connectivity index is 1.39. The maximum absolute atomic E-state index is 14.7. The number of carbonyl (C=O) groups is 4. The second-order valence-electron chi connectivity index (χ2n) is 10.2. The first kappa shape index (κ1) is 28.9. The van der Waals surface area contributed by atoms with Crippen LogP contribution in [0.4, 0.5) is 20.2 Å². The van der Waals surface area contributed by atoms with Crippen LogP contribution in [-0.2, 0) is 20.8 Å². The third kappa shape index (κ3) is 6.49. The molecule has 3 amide bonds. The van der Waals surface area contributed by atoms with Crippen molar-refractivity contribution in [2.45, 2.75) is 31.7 Å². The van der Waals surface area contributed by atoms with Crippen LogP contribution in [0.15, 0.2) is 66.7 Å². The second-order valence-corrected chi connectivity index (χ2v) is 10.6. The normalized spacial score (nSPS) is 15.5. The largest absolute Gasteiger partial charge is 0.478 e. The summed E-state index contributed by atoms with van der Waals surface area (Å²) in [6.07, 6.45) is 3.03. The van der Waals surface area contributed by atoms with Gasteiger partial charge < -0.3 is 20.6 Å². The first-order chi connectivity index (χ1) is 20.1. The summed E-state index contributed by atoms with van der Waals surface area (Å²) in [5.74, 6) is -4.06. The molecule has 2 aliphatic rings. The van der Waals surface area contributed by atoms with Gasteiger partial charge >= 0.3 is 5.97 Å². The van der Waals surface area contributed by atoms with Gasteiger partial charge in [0, 0.05) is 36.3 Å².